The number of piperidine rings is 1. The van der Waals surface area contributed by atoms with Crippen LogP contribution in [0.15, 0.2) is 49.3 Å². The first-order valence-corrected chi connectivity index (χ1v) is 13.1. The lowest BCUT2D eigenvalue weighted by Crippen LogP contribution is -2.36. The maximum atomic E-state index is 13.7. The molecule has 1 saturated heterocycles. The predicted octanol–water partition coefficient (Wildman–Crippen LogP) is 4.73. The zero-order chi connectivity index (χ0) is 29.1. The Bertz CT molecular complexity index is 1400. The first kappa shape index (κ1) is 29.3. The molecule has 0 aliphatic carbocycles. The fourth-order valence-corrected chi connectivity index (χ4v) is 4.64. The first-order valence-electron chi connectivity index (χ1n) is 13.1. The van der Waals surface area contributed by atoms with E-state index < -0.39 is 17.4 Å². The number of pyridine rings is 1. The van der Waals surface area contributed by atoms with Crippen LogP contribution in [0.25, 0.3) is 22.4 Å². The Labute approximate surface area is 231 Å². The first-order chi connectivity index (χ1) is 18.8. The predicted molar refractivity (Wildman–Crippen MR) is 151 cm³/mol. The van der Waals surface area contributed by atoms with Crippen LogP contribution in [0.2, 0.25) is 0 Å². The van der Waals surface area contributed by atoms with E-state index in [1.54, 1.807) is 44.2 Å². The summed E-state index contributed by atoms with van der Waals surface area (Å²) in [5.74, 6) is -0.367. The molecule has 3 N–H and O–H groups in total. The van der Waals surface area contributed by atoms with E-state index in [1.807, 2.05) is 6.07 Å². The van der Waals surface area contributed by atoms with Gasteiger partial charge in [-0.05, 0) is 65.0 Å². The summed E-state index contributed by atoms with van der Waals surface area (Å²) in [6.07, 6.45) is 3.38. The van der Waals surface area contributed by atoms with Gasteiger partial charge in [0.2, 0.25) is 0 Å². The second-order valence-electron chi connectivity index (χ2n) is 10.8. The van der Waals surface area contributed by atoms with Gasteiger partial charge in [-0.1, -0.05) is 24.8 Å². The number of nitrogens with zero attached hydrogens (tertiary/aromatic N) is 4. The SMILES string of the molecule is C=C(c1nc(/C=C/CNC(=O)c2cnn(CC(C)(C)O)c2)cc2c(NC3CCN(C)CC3)cccc12)C(F)(F)F. The van der Waals surface area contributed by atoms with Crippen molar-refractivity contribution in [1.29, 1.82) is 0 Å². The van der Waals surface area contributed by atoms with Crippen molar-refractivity contribution in [1.82, 2.24) is 25.0 Å². The van der Waals surface area contributed by atoms with Gasteiger partial charge in [0.05, 0.1) is 40.9 Å². The molecule has 4 rings (SSSR count). The molecule has 0 unspecified atom stereocenters. The summed E-state index contributed by atoms with van der Waals surface area (Å²) in [5.41, 5.74) is -0.821. The molecule has 2 aromatic heterocycles. The summed E-state index contributed by atoms with van der Waals surface area (Å²) in [7, 11) is 2.07. The molecule has 0 spiro atoms. The van der Waals surface area contributed by atoms with Crippen molar-refractivity contribution >= 4 is 34.0 Å². The third-order valence-corrected chi connectivity index (χ3v) is 6.71. The Morgan fingerprint density at radius 3 is 2.62 bits per heavy atom. The maximum absolute atomic E-state index is 13.7. The lowest BCUT2D eigenvalue weighted by atomic mass is 10.00. The Kier molecular flexibility index (Phi) is 8.65. The van der Waals surface area contributed by atoms with Crippen LogP contribution >= 0.6 is 0 Å². The number of likely N-dealkylation sites (tertiary alicyclic amines) is 1. The van der Waals surface area contributed by atoms with Crippen molar-refractivity contribution in [2.24, 2.45) is 0 Å². The van der Waals surface area contributed by atoms with Gasteiger partial charge in [0.15, 0.2) is 0 Å². The van der Waals surface area contributed by atoms with Gasteiger partial charge in [-0.15, -0.1) is 0 Å². The molecule has 1 aliphatic rings. The number of fused-ring (bicyclic) bond motifs is 1. The standard InChI is InChI=1S/C29H35F3N6O2/c1-19(29(30,31)32)26-23-8-5-9-25(35-21-10-13-37(4)14-11-21)24(23)15-22(36-26)7-6-12-33-27(39)20-16-34-38(17-20)18-28(2,3)40/h5-9,15-17,21,35,40H,1,10-14,18H2,2-4H3,(H,33,39)/b7-6+. The molecule has 1 aromatic carbocycles. The minimum absolute atomic E-state index is 0.125. The Morgan fingerprint density at radius 1 is 1.23 bits per heavy atom. The number of aromatic nitrogens is 3. The quantitative estimate of drug-likeness (QED) is 0.353. The fraction of sp³-hybridized carbons (Fsp3) is 0.414. The summed E-state index contributed by atoms with van der Waals surface area (Å²) < 4.78 is 42.6. The topological polar surface area (TPSA) is 95.3 Å². The molecule has 214 valence electrons. The van der Waals surface area contributed by atoms with Crippen molar-refractivity contribution in [3.63, 3.8) is 0 Å². The highest BCUT2D eigenvalue weighted by Crippen LogP contribution is 2.37. The highest BCUT2D eigenvalue weighted by Gasteiger charge is 2.35. The molecular formula is C29H35F3N6O2. The van der Waals surface area contributed by atoms with Crippen molar-refractivity contribution in [2.45, 2.75) is 51.1 Å². The molecule has 0 radical (unpaired) electrons. The monoisotopic (exact) mass is 556 g/mol. The minimum Gasteiger partial charge on any atom is -0.389 e. The number of rotatable bonds is 9. The molecule has 11 heteroatoms. The van der Waals surface area contributed by atoms with E-state index in [-0.39, 0.29) is 30.7 Å². The van der Waals surface area contributed by atoms with Crippen molar-refractivity contribution < 1.29 is 23.1 Å². The van der Waals surface area contributed by atoms with Crippen LogP contribution in [0.4, 0.5) is 18.9 Å². The zero-order valence-corrected chi connectivity index (χ0v) is 22.9. The van der Waals surface area contributed by atoms with Gasteiger partial charge in [-0.3, -0.25) is 9.48 Å². The Morgan fingerprint density at radius 2 is 1.95 bits per heavy atom. The molecular weight excluding hydrogens is 521 g/mol. The maximum Gasteiger partial charge on any atom is 0.417 e. The van der Waals surface area contributed by atoms with Crippen molar-refractivity contribution in [3.8, 4) is 0 Å². The molecule has 8 nitrogen and oxygen atoms in total. The zero-order valence-electron chi connectivity index (χ0n) is 22.9. The van der Waals surface area contributed by atoms with Crippen LogP contribution in [0.1, 0.15) is 48.4 Å². The summed E-state index contributed by atoms with van der Waals surface area (Å²) in [6, 6.07) is 7.18. The van der Waals surface area contributed by atoms with Gasteiger partial charge >= 0.3 is 6.18 Å². The number of hydrogen-bond donors (Lipinski definition) is 3. The van der Waals surface area contributed by atoms with Gasteiger partial charge in [-0.25, -0.2) is 4.98 Å². The molecule has 1 amide bonds. The van der Waals surface area contributed by atoms with Crippen LogP contribution in [-0.2, 0) is 6.54 Å². The Balaban J connectivity index is 1.55. The van der Waals surface area contributed by atoms with E-state index in [0.717, 1.165) is 31.6 Å². The number of aliphatic hydroxyl groups is 1. The van der Waals surface area contributed by atoms with Gasteiger partial charge < -0.3 is 20.6 Å². The highest BCUT2D eigenvalue weighted by molar-refractivity contribution is 6.01. The molecule has 1 fully saturated rings. The van der Waals surface area contributed by atoms with E-state index >= 15 is 0 Å². The molecule has 40 heavy (non-hydrogen) atoms. The van der Waals surface area contributed by atoms with E-state index in [0.29, 0.717) is 22.0 Å². The molecule has 3 heterocycles. The highest BCUT2D eigenvalue weighted by atomic mass is 19.4. The summed E-state index contributed by atoms with van der Waals surface area (Å²) in [4.78, 5) is 19.0. The number of carbonyl (C=O) groups is 1. The second kappa shape index (κ2) is 11.8. The van der Waals surface area contributed by atoms with E-state index in [2.05, 4.69) is 39.2 Å². The van der Waals surface area contributed by atoms with E-state index in [9.17, 15) is 23.1 Å². The number of amides is 1. The van der Waals surface area contributed by atoms with Crippen molar-refractivity contribution in [2.75, 3.05) is 32.0 Å². The van der Waals surface area contributed by atoms with Crippen molar-refractivity contribution in [3.05, 3.63) is 66.3 Å². The summed E-state index contributed by atoms with van der Waals surface area (Å²) in [5, 5.41) is 21.3. The van der Waals surface area contributed by atoms with E-state index in [4.69, 9.17) is 0 Å². The van der Waals surface area contributed by atoms with Gasteiger partial charge in [0.25, 0.3) is 5.91 Å². The van der Waals surface area contributed by atoms with Crippen LogP contribution in [0.3, 0.4) is 0 Å². The normalized spacial score (nSPS) is 15.6. The number of carbonyl (C=O) groups excluding carboxylic acids is 1. The molecule has 1 aliphatic heterocycles. The minimum atomic E-state index is -4.64. The number of allylic oxidation sites excluding steroid dienone is 1. The third-order valence-electron chi connectivity index (χ3n) is 6.71. The van der Waals surface area contributed by atoms with Crippen LogP contribution in [0, 0.1) is 0 Å². The number of hydrogen-bond acceptors (Lipinski definition) is 6. The fourth-order valence-electron chi connectivity index (χ4n) is 4.64. The average molecular weight is 557 g/mol. The van der Waals surface area contributed by atoms with E-state index in [1.165, 1.54) is 17.1 Å². The molecule has 0 saturated carbocycles. The van der Waals surface area contributed by atoms with Gasteiger partial charge in [-0.2, -0.15) is 18.3 Å². The van der Waals surface area contributed by atoms with Gasteiger partial charge in [0.1, 0.15) is 0 Å². The number of nitrogens with one attached hydrogen (secondary N) is 2. The lowest BCUT2D eigenvalue weighted by Gasteiger charge is -2.30. The van der Waals surface area contributed by atoms with Crippen LogP contribution in [-0.4, -0.2) is 75.2 Å². The summed E-state index contributed by atoms with van der Waals surface area (Å²) >= 11 is 0. The number of anilines is 1. The summed E-state index contributed by atoms with van der Waals surface area (Å²) in [6.45, 7) is 8.83. The average Bonchev–Trinajstić information content (AvgIpc) is 3.33. The smallest absolute Gasteiger partial charge is 0.389 e. The molecule has 3 aromatic rings. The largest absolute Gasteiger partial charge is 0.417 e. The number of benzene rings is 1. The lowest BCUT2D eigenvalue weighted by molar-refractivity contribution is -0.0688. The number of halogens is 3. The molecule has 0 bridgehead atoms. The van der Waals surface area contributed by atoms with Crippen LogP contribution < -0.4 is 10.6 Å². The van der Waals surface area contributed by atoms with Gasteiger partial charge in [0, 0.05) is 35.2 Å². The second-order valence-corrected chi connectivity index (χ2v) is 10.8. The third kappa shape index (κ3) is 7.48. The molecule has 0 atom stereocenters. The number of alkyl halides is 3. The Hall–Kier alpha value is -3.70. The van der Waals surface area contributed by atoms with Crippen LogP contribution in [0.5, 0.6) is 0 Å².